The zero-order valence-corrected chi connectivity index (χ0v) is 11.4. The summed E-state index contributed by atoms with van der Waals surface area (Å²) in [5, 5.41) is 0. The Morgan fingerprint density at radius 1 is 1.33 bits per heavy atom. The summed E-state index contributed by atoms with van der Waals surface area (Å²) in [7, 11) is 0. The zero-order chi connectivity index (χ0) is 9.56. The van der Waals surface area contributed by atoms with Crippen molar-refractivity contribution in [2.45, 2.75) is 20.3 Å². The molecule has 0 saturated carbocycles. The molecule has 0 atom stereocenters. The van der Waals surface area contributed by atoms with Crippen LogP contribution < -0.4 is 0 Å². The molecule has 1 rings (SSSR count). The van der Waals surface area contributed by atoms with Gasteiger partial charge in [0.1, 0.15) is 0 Å². The Morgan fingerprint density at radius 2 is 1.83 bits per heavy atom. The molecular formula is C11H15Hf. The van der Waals surface area contributed by atoms with E-state index >= 15 is 0 Å². The molecule has 12 heavy (non-hydrogen) atoms. The monoisotopic (exact) mass is 327 g/mol. The normalized spacial score (nSPS) is 12.9. The molecule has 0 aromatic rings. The molecule has 63 valence electrons. The predicted octanol–water partition coefficient (Wildman–Crippen LogP) is 3.52. The molecule has 0 aromatic heterocycles. The standard InChI is InChI=1S/C6H10.C5H5.Hf/c1-5(2)6(3)4;1-2-4-5-3-1;/h1,3H2,2,4H3;1-3H,4H2;. The molecule has 1 aliphatic carbocycles. The quantitative estimate of drug-likeness (QED) is 0.511. The van der Waals surface area contributed by atoms with Crippen LogP contribution in [0.3, 0.4) is 0 Å². The van der Waals surface area contributed by atoms with Crippen molar-refractivity contribution in [1.29, 1.82) is 0 Å². The van der Waals surface area contributed by atoms with Crippen LogP contribution in [0.5, 0.6) is 0 Å². The molecule has 0 bridgehead atoms. The van der Waals surface area contributed by atoms with Crippen LogP contribution in [-0.2, 0) is 24.4 Å². The van der Waals surface area contributed by atoms with Crippen molar-refractivity contribution in [3.63, 3.8) is 0 Å². The third-order valence-electron chi connectivity index (χ3n) is 1.50. The van der Waals surface area contributed by atoms with Crippen LogP contribution in [-0.4, -0.2) is 0 Å². The van der Waals surface area contributed by atoms with Crippen molar-refractivity contribution >= 4 is 0 Å². The first-order valence-electron chi connectivity index (χ1n) is 3.92. The zero-order valence-electron chi connectivity index (χ0n) is 7.85. The van der Waals surface area contributed by atoms with Gasteiger partial charge in [0, 0.05) is 0 Å². The van der Waals surface area contributed by atoms with Crippen molar-refractivity contribution in [3.8, 4) is 0 Å². The van der Waals surface area contributed by atoms with E-state index in [-0.39, 0.29) is 0 Å². The van der Waals surface area contributed by atoms with Gasteiger partial charge in [-0.1, -0.05) is 24.3 Å². The van der Waals surface area contributed by atoms with Crippen molar-refractivity contribution in [2.75, 3.05) is 0 Å². The van der Waals surface area contributed by atoms with Crippen LogP contribution >= 0.6 is 0 Å². The van der Waals surface area contributed by atoms with Crippen molar-refractivity contribution in [1.82, 2.24) is 0 Å². The average Bonchev–Trinajstić information content (AvgIpc) is 2.40. The van der Waals surface area contributed by atoms with Crippen LogP contribution in [0.25, 0.3) is 0 Å². The second-order valence-electron chi connectivity index (χ2n) is 2.88. The molecule has 0 fully saturated rings. The number of hydrogen-bond donors (Lipinski definition) is 0. The summed E-state index contributed by atoms with van der Waals surface area (Å²) in [4.78, 5) is 0. The molecule has 1 aliphatic rings. The third-order valence-corrected chi connectivity index (χ3v) is 2.83. The topological polar surface area (TPSA) is 0 Å². The summed E-state index contributed by atoms with van der Waals surface area (Å²) in [5.41, 5.74) is 2.13. The van der Waals surface area contributed by atoms with Gasteiger partial charge in [-0.2, -0.15) is 0 Å². The molecule has 0 nitrogen and oxygen atoms in total. The van der Waals surface area contributed by atoms with E-state index in [0.29, 0.717) is 0 Å². The van der Waals surface area contributed by atoms with E-state index in [1.807, 2.05) is 13.8 Å². The average molecular weight is 326 g/mol. The van der Waals surface area contributed by atoms with Crippen molar-refractivity contribution < 1.29 is 24.4 Å². The molecule has 0 amide bonds. The van der Waals surface area contributed by atoms with Gasteiger partial charge < -0.3 is 0 Å². The van der Waals surface area contributed by atoms with E-state index in [0.717, 1.165) is 11.1 Å². The number of allylic oxidation sites excluding steroid dienone is 6. The van der Waals surface area contributed by atoms with Crippen LogP contribution in [0.15, 0.2) is 45.9 Å². The van der Waals surface area contributed by atoms with Gasteiger partial charge in [0.25, 0.3) is 0 Å². The Hall–Kier alpha value is -0.170. The molecule has 0 heterocycles. The first-order valence-corrected chi connectivity index (χ1v) is 5.72. The maximum atomic E-state index is 3.66. The molecule has 0 unspecified atom stereocenters. The van der Waals surface area contributed by atoms with E-state index in [4.69, 9.17) is 0 Å². The first-order chi connectivity index (χ1) is 5.54. The SMILES string of the molecule is C=C(C)C(=C)C.[Hf][C]1=CC=CC1. The summed E-state index contributed by atoms with van der Waals surface area (Å²) < 4.78 is 1.61. The first kappa shape index (κ1) is 11.8. The molecule has 1 heteroatoms. The van der Waals surface area contributed by atoms with E-state index in [2.05, 4.69) is 31.4 Å². The van der Waals surface area contributed by atoms with Crippen molar-refractivity contribution in [2.24, 2.45) is 0 Å². The number of hydrogen-bond acceptors (Lipinski definition) is 0. The fourth-order valence-corrected chi connectivity index (χ4v) is 1.22. The fourth-order valence-electron chi connectivity index (χ4n) is 0.447. The van der Waals surface area contributed by atoms with Gasteiger partial charge in [0.05, 0.1) is 0 Å². The van der Waals surface area contributed by atoms with Gasteiger partial charge in [-0.05, 0) is 13.8 Å². The second-order valence-corrected chi connectivity index (χ2v) is 5.19. The van der Waals surface area contributed by atoms with Gasteiger partial charge in [-0.15, -0.1) is 0 Å². The Morgan fingerprint density at radius 3 is 1.92 bits per heavy atom. The summed E-state index contributed by atoms with van der Waals surface area (Å²) >= 11 is 1.25. The fraction of sp³-hybridized carbons (Fsp3) is 0.273. The molecule has 0 spiro atoms. The molecule has 0 N–H and O–H groups in total. The Labute approximate surface area is 90.3 Å². The Bertz CT molecular complexity index is 219. The third kappa shape index (κ3) is 6.53. The van der Waals surface area contributed by atoms with Gasteiger partial charge in [-0.3, -0.25) is 0 Å². The predicted molar refractivity (Wildman–Crippen MR) is 51.5 cm³/mol. The Kier molecular flexibility index (Phi) is 6.27. The van der Waals surface area contributed by atoms with Gasteiger partial charge in [-0.25, -0.2) is 0 Å². The minimum atomic E-state index is 1.06. The summed E-state index contributed by atoms with van der Waals surface area (Å²) in [6, 6.07) is 0. The van der Waals surface area contributed by atoms with Gasteiger partial charge in [0.15, 0.2) is 0 Å². The minimum absolute atomic E-state index is 1.06. The van der Waals surface area contributed by atoms with Crippen LogP contribution in [0.2, 0.25) is 0 Å². The van der Waals surface area contributed by atoms with Crippen LogP contribution in [0, 0.1) is 0 Å². The second kappa shape index (κ2) is 6.36. The van der Waals surface area contributed by atoms with Crippen LogP contribution in [0.4, 0.5) is 0 Å². The summed E-state index contributed by atoms with van der Waals surface area (Å²) in [5.74, 6) is 0. The molecular weight excluding hydrogens is 311 g/mol. The van der Waals surface area contributed by atoms with E-state index < -0.39 is 0 Å². The summed E-state index contributed by atoms with van der Waals surface area (Å²) in [6.07, 6.45) is 7.75. The number of rotatable bonds is 1. The van der Waals surface area contributed by atoms with Crippen molar-refractivity contribution in [3.05, 3.63) is 45.9 Å². The van der Waals surface area contributed by atoms with E-state index in [1.165, 1.54) is 30.8 Å². The van der Waals surface area contributed by atoms with Gasteiger partial charge >= 0.3 is 52.4 Å². The molecule has 0 saturated heterocycles. The van der Waals surface area contributed by atoms with Crippen LogP contribution in [0.1, 0.15) is 20.3 Å². The molecule has 0 aliphatic heterocycles. The maximum absolute atomic E-state index is 3.66. The molecule has 0 aromatic carbocycles. The molecule has 0 radical (unpaired) electrons. The van der Waals surface area contributed by atoms with E-state index in [1.54, 1.807) is 3.33 Å². The van der Waals surface area contributed by atoms with Gasteiger partial charge in [0.2, 0.25) is 0 Å². The van der Waals surface area contributed by atoms with E-state index in [9.17, 15) is 0 Å². The Balaban J connectivity index is 0.000000202. The summed E-state index contributed by atoms with van der Waals surface area (Å²) in [6.45, 7) is 11.2.